The van der Waals surface area contributed by atoms with Crippen LogP contribution in [0.25, 0.3) is 0 Å². The first-order chi connectivity index (χ1) is 13.9. The van der Waals surface area contributed by atoms with Crippen LogP contribution in [0.5, 0.6) is 0 Å². The molecule has 29 heavy (non-hydrogen) atoms. The van der Waals surface area contributed by atoms with Gasteiger partial charge in [0, 0.05) is 12.6 Å². The molecule has 1 atom stereocenters. The Kier molecular flexibility index (Phi) is 7.05. The number of anilines is 2. The molecule has 0 aromatic carbocycles. The number of rotatable bonds is 9. The van der Waals surface area contributed by atoms with Crippen molar-refractivity contribution in [3.8, 4) is 0 Å². The number of carboxylic acid groups (broad SMARTS) is 1. The highest BCUT2D eigenvalue weighted by Gasteiger charge is 2.26. The summed E-state index contributed by atoms with van der Waals surface area (Å²) in [6.07, 6.45) is 6.82. The van der Waals surface area contributed by atoms with E-state index in [1.807, 2.05) is 0 Å². The summed E-state index contributed by atoms with van der Waals surface area (Å²) in [5.74, 6) is -0.806. The molecule has 0 bridgehead atoms. The fraction of sp³-hybridized carbons (Fsp3) is 0.684. The van der Waals surface area contributed by atoms with E-state index in [2.05, 4.69) is 31.5 Å². The third-order valence-electron chi connectivity index (χ3n) is 5.68. The first-order valence-corrected chi connectivity index (χ1v) is 10.3. The second-order valence-electron chi connectivity index (χ2n) is 7.94. The summed E-state index contributed by atoms with van der Waals surface area (Å²) in [5.41, 5.74) is 5.05. The van der Waals surface area contributed by atoms with Crippen LogP contribution in [0.15, 0.2) is 0 Å². The normalized spacial score (nSPS) is 18.0. The van der Waals surface area contributed by atoms with Crippen molar-refractivity contribution in [2.45, 2.75) is 64.3 Å². The molecule has 9 nitrogen and oxygen atoms in total. The number of hydrazine groups is 1. The van der Waals surface area contributed by atoms with Gasteiger partial charge in [0.1, 0.15) is 5.82 Å². The predicted molar refractivity (Wildman–Crippen MR) is 106 cm³/mol. The number of halogens is 1. The highest BCUT2D eigenvalue weighted by molar-refractivity contribution is 5.80. The van der Waals surface area contributed by atoms with Crippen LogP contribution in [-0.2, 0) is 4.79 Å². The number of hydrogen-bond donors (Lipinski definition) is 5. The van der Waals surface area contributed by atoms with Crippen LogP contribution in [0.3, 0.4) is 0 Å². The highest BCUT2D eigenvalue weighted by atomic mass is 19.1. The first-order valence-electron chi connectivity index (χ1n) is 10.3. The largest absolute Gasteiger partial charge is 0.465 e. The minimum absolute atomic E-state index is 0.0130. The maximum atomic E-state index is 14.7. The molecule has 2 saturated carbocycles. The predicted octanol–water partition coefficient (Wildman–Crippen LogP) is 2.80. The second-order valence-corrected chi connectivity index (χ2v) is 7.94. The Balaban J connectivity index is 1.62. The van der Waals surface area contributed by atoms with Gasteiger partial charge in [0.25, 0.3) is 0 Å². The van der Waals surface area contributed by atoms with Crippen LogP contribution >= 0.6 is 0 Å². The van der Waals surface area contributed by atoms with Crippen molar-refractivity contribution in [2.75, 3.05) is 17.3 Å². The van der Waals surface area contributed by atoms with Gasteiger partial charge in [-0.05, 0) is 38.5 Å². The zero-order valence-corrected chi connectivity index (χ0v) is 16.6. The fourth-order valence-corrected chi connectivity index (χ4v) is 3.85. The lowest BCUT2D eigenvalue weighted by molar-refractivity contribution is -0.124. The maximum absolute atomic E-state index is 14.7. The second kappa shape index (κ2) is 9.71. The van der Waals surface area contributed by atoms with E-state index in [-0.39, 0.29) is 24.2 Å². The Labute approximate surface area is 169 Å². The quantitative estimate of drug-likeness (QED) is 0.397. The fourth-order valence-electron chi connectivity index (χ4n) is 3.85. The van der Waals surface area contributed by atoms with Crippen LogP contribution in [0.4, 0.5) is 20.8 Å². The smallest absolute Gasteiger partial charge is 0.404 e. The van der Waals surface area contributed by atoms with E-state index in [1.54, 1.807) is 6.92 Å². The number of nitrogens with zero attached hydrogens (tertiary/aromatic N) is 2. The third kappa shape index (κ3) is 5.91. The molecule has 10 heteroatoms. The molecule has 0 radical (unpaired) electrons. The molecule has 0 spiro atoms. The first kappa shape index (κ1) is 21.1. The molecule has 1 heterocycles. The number of carbonyl (C=O) groups is 2. The summed E-state index contributed by atoms with van der Waals surface area (Å²) in [7, 11) is 0. The molecule has 2 aliphatic rings. The van der Waals surface area contributed by atoms with Crippen LogP contribution in [0.2, 0.25) is 0 Å². The number of aromatic nitrogens is 2. The molecule has 0 aliphatic heterocycles. The van der Waals surface area contributed by atoms with Gasteiger partial charge in [-0.1, -0.05) is 25.7 Å². The van der Waals surface area contributed by atoms with Gasteiger partial charge in [0.05, 0.1) is 5.92 Å². The Hall–Kier alpha value is -2.65. The standard InChI is InChI=1S/C19H29FN6O3/c1-11-22-16(24-14-7-4-8-14)15(20)17(23-11)25-26-18(27)13(10-21-19(28)29)9-12-5-2-3-6-12/h12-14,21H,2-10H2,1H3,(H,26,27)(H,28,29)(H2,22,23,24,25)/t13-/m1/s1. The van der Waals surface area contributed by atoms with E-state index < -0.39 is 23.7 Å². The van der Waals surface area contributed by atoms with E-state index in [0.29, 0.717) is 18.2 Å². The van der Waals surface area contributed by atoms with Crippen molar-refractivity contribution < 1.29 is 19.1 Å². The van der Waals surface area contributed by atoms with Crippen molar-refractivity contribution in [3.05, 3.63) is 11.6 Å². The molecular weight excluding hydrogens is 379 g/mol. The van der Waals surface area contributed by atoms with Crippen LogP contribution < -0.4 is 21.5 Å². The Bertz CT molecular complexity index is 737. The van der Waals surface area contributed by atoms with Gasteiger partial charge in [0.15, 0.2) is 11.6 Å². The molecule has 1 aromatic rings. The molecule has 0 unspecified atom stereocenters. The van der Waals surface area contributed by atoms with Crippen molar-refractivity contribution in [1.29, 1.82) is 0 Å². The lowest BCUT2D eigenvalue weighted by atomic mass is 9.92. The Morgan fingerprint density at radius 1 is 1.14 bits per heavy atom. The average Bonchev–Trinajstić information content (AvgIpc) is 3.15. The van der Waals surface area contributed by atoms with Gasteiger partial charge in [-0.15, -0.1) is 0 Å². The Morgan fingerprint density at radius 3 is 2.45 bits per heavy atom. The molecule has 3 rings (SSSR count). The van der Waals surface area contributed by atoms with Crippen LogP contribution in [0.1, 0.15) is 57.2 Å². The lowest BCUT2D eigenvalue weighted by Gasteiger charge is -2.27. The minimum Gasteiger partial charge on any atom is -0.465 e. The summed E-state index contributed by atoms with van der Waals surface area (Å²) in [6, 6.07) is 0.208. The summed E-state index contributed by atoms with van der Waals surface area (Å²) < 4.78 is 14.7. The average molecular weight is 408 g/mol. The Morgan fingerprint density at radius 2 is 1.83 bits per heavy atom. The molecule has 2 fully saturated rings. The number of hydrogen-bond acceptors (Lipinski definition) is 6. The number of aryl methyl sites for hydroxylation is 1. The van der Waals surface area contributed by atoms with Gasteiger partial charge in [-0.3, -0.25) is 15.6 Å². The zero-order valence-electron chi connectivity index (χ0n) is 16.6. The minimum atomic E-state index is -1.17. The SMILES string of the molecule is Cc1nc(NNC(=O)[C@@H](CNC(=O)O)CC2CCCC2)c(F)c(NC2CCC2)n1. The molecule has 160 valence electrons. The summed E-state index contributed by atoms with van der Waals surface area (Å²) in [4.78, 5) is 31.6. The van der Waals surface area contributed by atoms with Crippen molar-refractivity contribution in [1.82, 2.24) is 20.7 Å². The highest BCUT2D eigenvalue weighted by Crippen LogP contribution is 2.30. The number of nitrogens with one attached hydrogen (secondary N) is 4. The van der Waals surface area contributed by atoms with Gasteiger partial charge < -0.3 is 15.7 Å². The van der Waals surface area contributed by atoms with E-state index in [9.17, 15) is 14.0 Å². The monoisotopic (exact) mass is 408 g/mol. The van der Waals surface area contributed by atoms with Gasteiger partial charge in [-0.2, -0.15) is 4.39 Å². The lowest BCUT2D eigenvalue weighted by Crippen LogP contribution is -2.42. The zero-order chi connectivity index (χ0) is 20.8. The van der Waals surface area contributed by atoms with Crippen LogP contribution in [0, 0.1) is 24.6 Å². The van der Waals surface area contributed by atoms with Crippen molar-refractivity contribution in [3.63, 3.8) is 0 Å². The molecule has 2 amide bonds. The molecule has 0 saturated heterocycles. The van der Waals surface area contributed by atoms with E-state index >= 15 is 0 Å². The van der Waals surface area contributed by atoms with E-state index in [4.69, 9.17) is 5.11 Å². The molecule has 1 aromatic heterocycles. The topological polar surface area (TPSA) is 128 Å². The van der Waals surface area contributed by atoms with Gasteiger partial charge in [0.2, 0.25) is 11.7 Å². The number of carbonyl (C=O) groups excluding carboxylic acids is 1. The third-order valence-corrected chi connectivity index (χ3v) is 5.68. The van der Waals surface area contributed by atoms with Gasteiger partial charge >= 0.3 is 6.09 Å². The van der Waals surface area contributed by atoms with Gasteiger partial charge in [-0.25, -0.2) is 14.8 Å². The van der Waals surface area contributed by atoms with Crippen LogP contribution in [-0.4, -0.2) is 39.7 Å². The van der Waals surface area contributed by atoms with E-state index in [1.165, 1.54) is 0 Å². The summed E-state index contributed by atoms with van der Waals surface area (Å²) in [6.45, 7) is 1.66. The summed E-state index contributed by atoms with van der Waals surface area (Å²) in [5, 5.41) is 14.2. The maximum Gasteiger partial charge on any atom is 0.404 e. The van der Waals surface area contributed by atoms with Crippen molar-refractivity contribution >= 4 is 23.6 Å². The molecule has 5 N–H and O–H groups in total. The summed E-state index contributed by atoms with van der Waals surface area (Å²) >= 11 is 0. The molecule has 2 aliphatic carbocycles. The number of amides is 2. The van der Waals surface area contributed by atoms with E-state index in [0.717, 1.165) is 44.9 Å². The van der Waals surface area contributed by atoms with Crippen molar-refractivity contribution in [2.24, 2.45) is 11.8 Å². The molecular formula is C19H29FN6O3.